The third-order valence-corrected chi connectivity index (χ3v) is 12.5. The molecular formula is C59H40N2. The molecule has 0 saturated heterocycles. The monoisotopic (exact) mass is 776 g/mol. The standard InChI is InChI=1S/C59H40N2/c1-39-33-46(49-24-14-20-41-19-8-9-21-48(41)49)35-47(34-39)60-55-25-12-10-22-50(55)53-37-44(28-31-58(53)60)45-29-32-59-54(38-45)51-23-11-13-26-56(51)61(59)57-30-27-43(40-15-4-2-5-16-40)36-52(57)42-17-6-3-7-18-42/h2-38H,1H3. The average molecular weight is 777 g/mol. The minimum Gasteiger partial charge on any atom is -0.309 e. The Labute approximate surface area is 354 Å². The fourth-order valence-electron chi connectivity index (χ4n) is 9.76. The lowest BCUT2D eigenvalue weighted by atomic mass is 9.96. The Balaban J connectivity index is 1.01. The van der Waals surface area contributed by atoms with Crippen molar-refractivity contribution in [3.05, 3.63) is 230 Å². The van der Waals surface area contributed by atoms with E-state index in [0.29, 0.717) is 0 Å². The molecule has 0 saturated carbocycles. The molecule has 0 spiro atoms. The number of aryl methyl sites for hydroxylation is 1. The highest BCUT2D eigenvalue weighted by atomic mass is 15.0. The zero-order valence-electron chi connectivity index (χ0n) is 33.8. The molecule has 10 aromatic carbocycles. The second-order valence-corrected chi connectivity index (χ2v) is 16.2. The molecule has 0 radical (unpaired) electrons. The number of rotatable bonds is 6. The molecule has 2 aromatic heterocycles. The molecule has 61 heavy (non-hydrogen) atoms. The largest absolute Gasteiger partial charge is 0.309 e. The van der Waals surface area contributed by atoms with Crippen molar-refractivity contribution in [1.29, 1.82) is 0 Å². The van der Waals surface area contributed by atoms with Crippen molar-refractivity contribution in [1.82, 2.24) is 9.13 Å². The highest BCUT2D eigenvalue weighted by Gasteiger charge is 2.19. The maximum Gasteiger partial charge on any atom is 0.0541 e. The summed E-state index contributed by atoms with van der Waals surface area (Å²) in [6.45, 7) is 2.21. The van der Waals surface area contributed by atoms with Gasteiger partial charge in [0.25, 0.3) is 0 Å². The average Bonchev–Trinajstić information content (AvgIpc) is 3.83. The molecule has 2 nitrogen and oxygen atoms in total. The van der Waals surface area contributed by atoms with Crippen molar-refractivity contribution < 1.29 is 0 Å². The van der Waals surface area contributed by atoms with Gasteiger partial charge in [0.2, 0.25) is 0 Å². The third kappa shape index (κ3) is 5.79. The van der Waals surface area contributed by atoms with Crippen LogP contribution in [0.3, 0.4) is 0 Å². The van der Waals surface area contributed by atoms with Gasteiger partial charge in [0.05, 0.1) is 27.8 Å². The minimum atomic E-state index is 1.17. The number of nitrogens with zero attached hydrogens (tertiary/aromatic N) is 2. The molecule has 286 valence electrons. The summed E-state index contributed by atoms with van der Waals surface area (Å²) < 4.78 is 4.90. The summed E-state index contributed by atoms with van der Waals surface area (Å²) >= 11 is 0. The SMILES string of the molecule is Cc1cc(-c2cccc3ccccc23)cc(-n2c3ccccc3c3cc(-c4ccc5c(c4)c4ccccc4n5-c4ccc(-c5ccccc5)cc4-c4ccccc4)ccc32)c1. The van der Waals surface area contributed by atoms with E-state index in [4.69, 9.17) is 0 Å². The van der Waals surface area contributed by atoms with Gasteiger partial charge in [0.15, 0.2) is 0 Å². The van der Waals surface area contributed by atoms with Crippen LogP contribution in [0.2, 0.25) is 0 Å². The zero-order valence-corrected chi connectivity index (χ0v) is 33.8. The van der Waals surface area contributed by atoms with Crippen LogP contribution in [0.4, 0.5) is 0 Å². The summed E-state index contributed by atoms with van der Waals surface area (Å²) in [7, 11) is 0. The van der Waals surface area contributed by atoms with E-state index in [1.54, 1.807) is 0 Å². The molecule has 0 unspecified atom stereocenters. The molecule has 0 aliphatic heterocycles. The van der Waals surface area contributed by atoms with Crippen LogP contribution < -0.4 is 0 Å². The van der Waals surface area contributed by atoms with Gasteiger partial charge in [-0.1, -0.05) is 164 Å². The molecule has 0 bridgehead atoms. The number of hydrogen-bond donors (Lipinski definition) is 0. The van der Waals surface area contributed by atoms with E-state index in [1.807, 2.05) is 0 Å². The Kier molecular flexibility index (Phi) is 8.11. The van der Waals surface area contributed by atoms with Crippen LogP contribution in [0.5, 0.6) is 0 Å². The number of hydrogen-bond acceptors (Lipinski definition) is 0. The highest BCUT2D eigenvalue weighted by molar-refractivity contribution is 6.13. The smallest absolute Gasteiger partial charge is 0.0541 e. The molecule has 2 heterocycles. The predicted octanol–water partition coefficient (Wildman–Crippen LogP) is 16.0. The fraction of sp³-hybridized carbons (Fsp3) is 0.0169. The minimum absolute atomic E-state index is 1.17. The lowest BCUT2D eigenvalue weighted by Gasteiger charge is -2.16. The van der Waals surface area contributed by atoms with Gasteiger partial charge in [-0.05, 0) is 123 Å². The summed E-state index contributed by atoms with van der Waals surface area (Å²) in [5, 5.41) is 7.50. The molecule has 12 aromatic rings. The maximum absolute atomic E-state index is 2.46. The van der Waals surface area contributed by atoms with E-state index < -0.39 is 0 Å². The molecule has 0 aliphatic carbocycles. The van der Waals surface area contributed by atoms with E-state index in [0.717, 1.165) is 0 Å². The van der Waals surface area contributed by atoms with E-state index in [-0.39, 0.29) is 0 Å². The van der Waals surface area contributed by atoms with Crippen LogP contribution >= 0.6 is 0 Å². The van der Waals surface area contributed by atoms with Crippen molar-refractivity contribution in [3.63, 3.8) is 0 Å². The van der Waals surface area contributed by atoms with Gasteiger partial charge in [0.1, 0.15) is 0 Å². The van der Waals surface area contributed by atoms with E-state index in [2.05, 4.69) is 241 Å². The lowest BCUT2D eigenvalue weighted by molar-refractivity contribution is 1.17. The summed E-state index contributed by atoms with van der Waals surface area (Å²) in [4.78, 5) is 0. The molecular weight excluding hydrogens is 737 g/mol. The van der Waals surface area contributed by atoms with E-state index >= 15 is 0 Å². The fourth-order valence-corrected chi connectivity index (χ4v) is 9.76. The van der Waals surface area contributed by atoms with Crippen LogP contribution in [-0.4, -0.2) is 9.13 Å². The lowest BCUT2D eigenvalue weighted by Crippen LogP contribution is -1.98. The number of para-hydroxylation sites is 2. The highest BCUT2D eigenvalue weighted by Crippen LogP contribution is 2.41. The summed E-state index contributed by atoms with van der Waals surface area (Å²) in [5.41, 5.74) is 18.0. The van der Waals surface area contributed by atoms with Crippen LogP contribution in [0.25, 0.3) is 110 Å². The quantitative estimate of drug-likeness (QED) is 0.159. The Morgan fingerprint density at radius 3 is 1.51 bits per heavy atom. The molecule has 0 amide bonds. The van der Waals surface area contributed by atoms with E-state index in [1.165, 1.54) is 116 Å². The first-order chi connectivity index (χ1) is 30.2. The van der Waals surface area contributed by atoms with Crippen molar-refractivity contribution >= 4 is 54.4 Å². The Morgan fingerprint density at radius 1 is 0.279 bits per heavy atom. The van der Waals surface area contributed by atoms with Crippen LogP contribution in [0, 0.1) is 6.92 Å². The van der Waals surface area contributed by atoms with E-state index in [9.17, 15) is 0 Å². The number of aromatic nitrogens is 2. The van der Waals surface area contributed by atoms with Gasteiger partial charge in [-0.25, -0.2) is 0 Å². The van der Waals surface area contributed by atoms with Crippen molar-refractivity contribution in [2.75, 3.05) is 0 Å². The topological polar surface area (TPSA) is 9.86 Å². The van der Waals surface area contributed by atoms with Gasteiger partial charge in [-0.2, -0.15) is 0 Å². The molecule has 0 atom stereocenters. The van der Waals surface area contributed by atoms with Crippen LogP contribution in [-0.2, 0) is 0 Å². The predicted molar refractivity (Wildman–Crippen MR) is 259 cm³/mol. The normalized spacial score (nSPS) is 11.7. The molecule has 2 heteroatoms. The molecule has 0 fully saturated rings. The van der Waals surface area contributed by atoms with Gasteiger partial charge in [-0.15, -0.1) is 0 Å². The van der Waals surface area contributed by atoms with Crippen molar-refractivity contribution in [2.24, 2.45) is 0 Å². The Hall–Kier alpha value is -7.94. The first-order valence-electron chi connectivity index (χ1n) is 21.1. The van der Waals surface area contributed by atoms with Gasteiger partial charge in [-0.3, -0.25) is 0 Å². The summed E-state index contributed by atoms with van der Waals surface area (Å²) in [6.07, 6.45) is 0. The summed E-state index contributed by atoms with van der Waals surface area (Å²) in [6, 6.07) is 82.3. The molecule has 12 rings (SSSR count). The van der Waals surface area contributed by atoms with Gasteiger partial charge in [0, 0.05) is 32.8 Å². The second-order valence-electron chi connectivity index (χ2n) is 16.2. The number of benzene rings is 10. The first-order valence-corrected chi connectivity index (χ1v) is 21.1. The zero-order chi connectivity index (χ0) is 40.4. The Bertz CT molecular complexity index is 3640. The summed E-state index contributed by atoms with van der Waals surface area (Å²) in [5.74, 6) is 0. The number of fused-ring (bicyclic) bond motifs is 7. The van der Waals surface area contributed by atoms with Crippen molar-refractivity contribution in [3.8, 4) is 55.9 Å². The Morgan fingerprint density at radius 2 is 0.803 bits per heavy atom. The van der Waals surface area contributed by atoms with Gasteiger partial charge < -0.3 is 9.13 Å². The van der Waals surface area contributed by atoms with Crippen LogP contribution in [0.1, 0.15) is 5.56 Å². The first kappa shape index (κ1) is 35.0. The van der Waals surface area contributed by atoms with Crippen molar-refractivity contribution in [2.45, 2.75) is 6.92 Å². The van der Waals surface area contributed by atoms with Crippen LogP contribution in [0.15, 0.2) is 224 Å². The third-order valence-electron chi connectivity index (χ3n) is 12.5. The second kappa shape index (κ2) is 14.1. The molecule has 0 N–H and O–H groups in total. The van der Waals surface area contributed by atoms with Gasteiger partial charge >= 0.3 is 0 Å². The maximum atomic E-state index is 2.46. The molecule has 0 aliphatic rings.